The average molecular weight is 661 g/mol. The van der Waals surface area contributed by atoms with Gasteiger partial charge in [-0.25, -0.2) is 9.36 Å². The van der Waals surface area contributed by atoms with Gasteiger partial charge in [0.05, 0.1) is 13.2 Å². The number of aromatic nitrogens is 6. The van der Waals surface area contributed by atoms with Crippen LogP contribution in [0, 0.1) is 10.8 Å². The van der Waals surface area contributed by atoms with E-state index in [-0.39, 0.29) is 34.5 Å². The van der Waals surface area contributed by atoms with E-state index in [0.29, 0.717) is 44.4 Å². The van der Waals surface area contributed by atoms with Crippen molar-refractivity contribution < 1.29 is 19.1 Å². The smallest absolute Gasteiger partial charge is 0.226 e. The average Bonchev–Trinajstić information content (AvgIpc) is 3.72. The standard InChI is InChI=1S/C37H40N8O4/c1-36(2)16-26-30(28(46)18-36)32(44-34(42-26)38-20-40-44)22-6-10-24(11-7-22)48-14-5-15-49-25-12-8-23(9-13-25)33-31-27(17-37(3,4)19-29(31)47)43-35-39-21-41-45(33)35/h6-13,20-21,32-33H,5,14-19H2,1-4H3,(H,38,40,42)(H,39,41,43). The van der Waals surface area contributed by atoms with Gasteiger partial charge in [0.1, 0.15) is 36.2 Å². The van der Waals surface area contributed by atoms with Crippen LogP contribution in [0.25, 0.3) is 0 Å². The van der Waals surface area contributed by atoms with E-state index >= 15 is 0 Å². The number of nitrogens with one attached hydrogen (secondary N) is 2. The Morgan fingerprint density at radius 2 is 1.06 bits per heavy atom. The molecule has 4 aliphatic rings. The third-order valence-corrected chi connectivity index (χ3v) is 9.77. The van der Waals surface area contributed by atoms with E-state index in [1.807, 2.05) is 48.5 Å². The number of ketones is 2. The molecule has 0 radical (unpaired) electrons. The van der Waals surface area contributed by atoms with E-state index in [9.17, 15) is 9.59 Å². The number of nitrogens with zero attached hydrogens (tertiary/aromatic N) is 6. The molecular formula is C37H40N8O4. The molecular weight excluding hydrogens is 620 g/mol. The molecule has 12 nitrogen and oxygen atoms in total. The third-order valence-electron chi connectivity index (χ3n) is 9.77. The van der Waals surface area contributed by atoms with E-state index in [1.54, 1.807) is 9.36 Å². The fraction of sp³-hybridized carbons (Fsp3) is 0.405. The second-order valence-corrected chi connectivity index (χ2v) is 15.0. The molecule has 0 amide bonds. The SMILES string of the molecule is CC1(C)CC(=O)C2=C(C1)Nc1ncnn1C2c1ccc(OCCCOc2ccc(C3C4=C(CC(C)(C)CC4=O)Nc4ncnn43)cc2)cc1. The van der Waals surface area contributed by atoms with Gasteiger partial charge in [-0.1, -0.05) is 52.0 Å². The van der Waals surface area contributed by atoms with Crippen molar-refractivity contribution in [2.75, 3.05) is 23.8 Å². The minimum absolute atomic E-state index is 0.104. The highest BCUT2D eigenvalue weighted by Gasteiger charge is 2.43. The molecule has 0 fully saturated rings. The summed E-state index contributed by atoms with van der Waals surface area (Å²) in [6.07, 6.45) is 6.30. The number of rotatable bonds is 8. The number of carbonyl (C=O) groups excluding carboxylic acids is 2. The van der Waals surface area contributed by atoms with Crippen molar-refractivity contribution in [2.24, 2.45) is 10.8 Å². The maximum Gasteiger partial charge on any atom is 0.226 e. The molecule has 2 aliphatic carbocycles. The number of hydrogen-bond acceptors (Lipinski definition) is 10. The Morgan fingerprint density at radius 3 is 1.47 bits per heavy atom. The first-order chi connectivity index (χ1) is 23.6. The van der Waals surface area contributed by atoms with Gasteiger partial charge in [-0.15, -0.1) is 0 Å². The lowest BCUT2D eigenvalue weighted by atomic mass is 9.73. The van der Waals surface area contributed by atoms with Gasteiger partial charge in [0.2, 0.25) is 11.9 Å². The highest BCUT2D eigenvalue weighted by molar-refractivity contribution is 6.00. The van der Waals surface area contributed by atoms with Gasteiger partial charge >= 0.3 is 0 Å². The number of anilines is 2. The molecule has 4 heterocycles. The van der Waals surface area contributed by atoms with Gasteiger partial charge < -0.3 is 20.1 Å². The lowest BCUT2D eigenvalue weighted by Gasteiger charge is -2.38. The summed E-state index contributed by atoms with van der Waals surface area (Å²) in [6, 6.07) is 15.1. The molecule has 0 bridgehead atoms. The Labute approximate surface area is 284 Å². The van der Waals surface area contributed by atoms with Crippen LogP contribution < -0.4 is 20.1 Å². The Balaban J connectivity index is 0.882. The first-order valence-corrected chi connectivity index (χ1v) is 16.9. The molecule has 12 heteroatoms. The summed E-state index contributed by atoms with van der Waals surface area (Å²) in [4.78, 5) is 35.4. The first kappa shape index (κ1) is 31.0. The summed E-state index contributed by atoms with van der Waals surface area (Å²) >= 11 is 0. The topological polar surface area (TPSA) is 138 Å². The molecule has 0 saturated heterocycles. The Bertz CT molecular complexity index is 1860. The molecule has 2 unspecified atom stereocenters. The van der Waals surface area contributed by atoms with Crippen LogP contribution in [-0.2, 0) is 9.59 Å². The van der Waals surface area contributed by atoms with Crippen molar-refractivity contribution in [3.8, 4) is 11.5 Å². The summed E-state index contributed by atoms with van der Waals surface area (Å²) in [6.45, 7) is 9.46. The molecule has 4 aromatic rings. The van der Waals surface area contributed by atoms with Crippen molar-refractivity contribution in [2.45, 2.75) is 71.9 Å². The first-order valence-electron chi connectivity index (χ1n) is 16.9. The molecule has 0 spiro atoms. The van der Waals surface area contributed by atoms with Gasteiger partial charge in [0.25, 0.3) is 0 Å². The van der Waals surface area contributed by atoms with E-state index < -0.39 is 0 Å². The summed E-state index contributed by atoms with van der Waals surface area (Å²) in [5.41, 5.74) is 5.12. The number of hydrogen-bond donors (Lipinski definition) is 2. The van der Waals surface area contributed by atoms with Crippen LogP contribution in [0.4, 0.5) is 11.9 Å². The van der Waals surface area contributed by atoms with E-state index in [2.05, 4.69) is 58.5 Å². The lowest BCUT2D eigenvalue weighted by molar-refractivity contribution is -0.119. The number of fused-ring (bicyclic) bond motifs is 2. The summed E-state index contributed by atoms with van der Waals surface area (Å²) in [5.74, 6) is 3.07. The van der Waals surface area contributed by atoms with Crippen LogP contribution in [0.1, 0.15) is 83.0 Å². The molecule has 8 rings (SSSR count). The monoisotopic (exact) mass is 660 g/mol. The Morgan fingerprint density at radius 1 is 0.653 bits per heavy atom. The van der Waals surface area contributed by atoms with Crippen LogP contribution in [0.5, 0.6) is 11.5 Å². The number of ether oxygens (including phenoxy) is 2. The largest absolute Gasteiger partial charge is 0.493 e. The molecule has 49 heavy (non-hydrogen) atoms. The normalized spacial score (nSPS) is 22.0. The molecule has 2 N–H and O–H groups in total. The molecule has 2 atom stereocenters. The fourth-order valence-corrected chi connectivity index (χ4v) is 7.65. The maximum absolute atomic E-state index is 13.3. The third kappa shape index (κ3) is 5.78. The number of Topliss-reactive ketones (excluding diaryl/α,β-unsaturated/α-hetero) is 2. The lowest BCUT2D eigenvalue weighted by Crippen LogP contribution is -2.36. The summed E-state index contributed by atoms with van der Waals surface area (Å²) in [7, 11) is 0. The van der Waals surface area contributed by atoms with E-state index in [1.165, 1.54) is 12.7 Å². The quantitative estimate of drug-likeness (QED) is 0.215. The molecule has 252 valence electrons. The summed E-state index contributed by atoms with van der Waals surface area (Å²) < 4.78 is 15.6. The van der Waals surface area contributed by atoms with Crippen LogP contribution in [0.3, 0.4) is 0 Å². The minimum atomic E-state index is -0.326. The number of carbonyl (C=O) groups is 2. The predicted molar refractivity (Wildman–Crippen MR) is 182 cm³/mol. The van der Waals surface area contributed by atoms with Crippen LogP contribution >= 0.6 is 0 Å². The number of benzene rings is 2. The van der Waals surface area contributed by atoms with Crippen molar-refractivity contribution in [1.29, 1.82) is 0 Å². The highest BCUT2D eigenvalue weighted by Crippen LogP contribution is 2.46. The van der Waals surface area contributed by atoms with Crippen molar-refractivity contribution in [1.82, 2.24) is 29.5 Å². The molecule has 2 aromatic carbocycles. The fourth-order valence-electron chi connectivity index (χ4n) is 7.65. The molecule has 2 aliphatic heterocycles. The van der Waals surface area contributed by atoms with Crippen molar-refractivity contribution in [3.63, 3.8) is 0 Å². The zero-order chi connectivity index (χ0) is 33.9. The zero-order valence-corrected chi connectivity index (χ0v) is 28.2. The van der Waals surface area contributed by atoms with E-state index in [0.717, 1.165) is 58.0 Å². The van der Waals surface area contributed by atoms with E-state index in [4.69, 9.17) is 9.47 Å². The van der Waals surface area contributed by atoms with Gasteiger partial charge in [-0.05, 0) is 59.1 Å². The Hall–Kier alpha value is -5.26. The second kappa shape index (κ2) is 11.7. The predicted octanol–water partition coefficient (Wildman–Crippen LogP) is 6.03. The van der Waals surface area contributed by atoms with Gasteiger partial charge in [-0.2, -0.15) is 20.2 Å². The van der Waals surface area contributed by atoms with Gasteiger partial charge in [0.15, 0.2) is 11.6 Å². The zero-order valence-electron chi connectivity index (χ0n) is 28.2. The van der Waals surface area contributed by atoms with Crippen LogP contribution in [0.2, 0.25) is 0 Å². The van der Waals surface area contributed by atoms with Crippen molar-refractivity contribution >= 4 is 23.5 Å². The molecule has 0 saturated carbocycles. The number of allylic oxidation sites excluding steroid dienone is 4. The maximum atomic E-state index is 13.3. The van der Waals surface area contributed by atoms with Crippen LogP contribution in [-0.4, -0.2) is 54.3 Å². The minimum Gasteiger partial charge on any atom is -0.493 e. The molecule has 2 aromatic heterocycles. The van der Waals surface area contributed by atoms with Crippen LogP contribution in [0.15, 0.2) is 83.7 Å². The Kier molecular flexibility index (Phi) is 7.42. The highest BCUT2D eigenvalue weighted by atomic mass is 16.5. The summed E-state index contributed by atoms with van der Waals surface area (Å²) in [5, 5.41) is 15.6. The van der Waals surface area contributed by atoms with Crippen molar-refractivity contribution in [3.05, 3.63) is 94.9 Å². The van der Waals surface area contributed by atoms with Gasteiger partial charge in [-0.3, -0.25) is 9.59 Å². The second-order valence-electron chi connectivity index (χ2n) is 15.0. The van der Waals surface area contributed by atoms with Gasteiger partial charge in [0, 0.05) is 41.8 Å².